The van der Waals surface area contributed by atoms with E-state index in [1.165, 1.54) is 0 Å². The second-order valence-corrected chi connectivity index (χ2v) is 12.0. The van der Waals surface area contributed by atoms with Crippen molar-refractivity contribution in [1.82, 2.24) is 5.32 Å². The first-order chi connectivity index (χ1) is 13.2. The van der Waals surface area contributed by atoms with Crippen LogP contribution in [0.4, 0.5) is 4.79 Å². The van der Waals surface area contributed by atoms with Gasteiger partial charge in [-0.3, -0.25) is 4.79 Å². The Kier molecular flexibility index (Phi) is 7.20. The van der Waals surface area contributed by atoms with E-state index in [2.05, 4.69) is 21.2 Å². The first-order valence-electron chi connectivity index (χ1n) is 9.52. The number of ether oxygens (including phenoxy) is 3. The second kappa shape index (κ2) is 8.75. The highest BCUT2D eigenvalue weighted by Gasteiger charge is 2.46. The van der Waals surface area contributed by atoms with Gasteiger partial charge in [-0.25, -0.2) is 4.79 Å². The molecule has 1 aromatic carbocycles. The summed E-state index contributed by atoms with van der Waals surface area (Å²) in [6.07, 6.45) is -1.23. The van der Waals surface area contributed by atoms with Crippen molar-refractivity contribution < 1.29 is 28.9 Å². The zero-order chi connectivity index (χ0) is 22.0. The maximum absolute atomic E-state index is 12.5. The molecule has 3 atom stereocenters. The number of benzene rings is 1. The quantitative estimate of drug-likeness (QED) is 0.488. The van der Waals surface area contributed by atoms with Gasteiger partial charge in [0, 0.05) is 33.7 Å². The minimum absolute atomic E-state index is 0.171. The number of aliphatic hydroxyl groups excluding tert-OH is 1. The van der Waals surface area contributed by atoms with Gasteiger partial charge in [0.05, 0.1) is 0 Å². The zero-order valence-electron chi connectivity index (χ0n) is 17.7. The van der Waals surface area contributed by atoms with Crippen molar-refractivity contribution in [2.75, 3.05) is 0 Å². The largest absolute Gasteiger partial charge is 0.444 e. The fraction of sp³-hybridized carbons (Fsp3) is 0.600. The highest BCUT2D eigenvalue weighted by atomic mass is 79.9. The molecule has 1 aliphatic heterocycles. The van der Waals surface area contributed by atoms with Crippen molar-refractivity contribution in [2.45, 2.75) is 70.3 Å². The monoisotopic (exact) mass is 487 g/mol. The van der Waals surface area contributed by atoms with Crippen molar-refractivity contribution in [3.63, 3.8) is 0 Å². The molecule has 1 heterocycles. The molecule has 0 aliphatic carbocycles. The van der Waals surface area contributed by atoms with Crippen LogP contribution in [0.15, 0.2) is 28.7 Å². The summed E-state index contributed by atoms with van der Waals surface area (Å²) in [7, 11) is 0.496. The Balaban J connectivity index is 2.24. The fourth-order valence-corrected chi connectivity index (χ4v) is 4.59. The van der Waals surface area contributed by atoms with E-state index in [0.717, 1.165) is 10.0 Å². The molecule has 1 saturated heterocycles. The molecule has 162 valence electrons. The first kappa shape index (κ1) is 23.9. The summed E-state index contributed by atoms with van der Waals surface area (Å²) in [5.41, 5.74) is 0.333. The van der Waals surface area contributed by atoms with Gasteiger partial charge in [0.1, 0.15) is 11.5 Å². The predicted molar refractivity (Wildman–Crippen MR) is 115 cm³/mol. The Morgan fingerprint density at radius 1 is 1.31 bits per heavy atom. The lowest BCUT2D eigenvalue weighted by molar-refractivity contribution is -0.316. The second-order valence-electron chi connectivity index (χ2n) is 9.13. The van der Waals surface area contributed by atoms with Crippen LogP contribution in [-0.2, 0) is 25.4 Å². The van der Waals surface area contributed by atoms with Gasteiger partial charge in [0.25, 0.3) is 0 Å². The molecule has 1 fully saturated rings. The molecular weight excluding hydrogens is 458 g/mol. The first-order valence-corrected chi connectivity index (χ1v) is 11.3. The molecular formula is C20H30BrNO6Si. The van der Waals surface area contributed by atoms with Gasteiger partial charge in [0.2, 0.25) is 5.79 Å². The maximum atomic E-state index is 12.5. The highest BCUT2D eigenvalue weighted by molar-refractivity contribution is 9.10. The number of carbonyl (C=O) groups is 2. The smallest absolute Gasteiger partial charge is 0.407 e. The fourth-order valence-electron chi connectivity index (χ4n) is 3.27. The van der Waals surface area contributed by atoms with Crippen molar-refractivity contribution in [3.8, 4) is 0 Å². The highest BCUT2D eigenvalue weighted by Crippen LogP contribution is 2.32. The Labute approximate surface area is 183 Å². The van der Waals surface area contributed by atoms with E-state index in [0.29, 0.717) is 16.7 Å². The average molecular weight is 488 g/mol. The number of carbonyl (C=O) groups excluding carboxylic acids is 2. The van der Waals surface area contributed by atoms with E-state index in [1.54, 1.807) is 34.6 Å². The number of aliphatic hydroxyl groups is 1. The molecule has 0 bridgehead atoms. The van der Waals surface area contributed by atoms with Crippen LogP contribution in [0.25, 0.3) is 0 Å². The summed E-state index contributed by atoms with van der Waals surface area (Å²) in [5, 5.41) is 12.6. The SMILES string of the molecule is CC(C)(C)OC(=O)N[C@@]([SiH3])(Cc1ccc(Br)cc1)CC1C(=O)OC(C)(C)OC1O. The van der Waals surface area contributed by atoms with Gasteiger partial charge in [-0.1, -0.05) is 28.1 Å². The molecule has 1 amide bonds. The summed E-state index contributed by atoms with van der Waals surface area (Å²) < 4.78 is 17.1. The molecule has 7 nitrogen and oxygen atoms in total. The lowest BCUT2D eigenvalue weighted by Gasteiger charge is -2.41. The molecule has 2 N–H and O–H groups in total. The van der Waals surface area contributed by atoms with Gasteiger partial charge < -0.3 is 24.6 Å². The van der Waals surface area contributed by atoms with E-state index < -0.39 is 40.8 Å². The lowest BCUT2D eigenvalue weighted by atomic mass is 9.92. The molecule has 0 spiro atoms. The third kappa shape index (κ3) is 7.40. The molecule has 0 radical (unpaired) electrons. The minimum Gasteiger partial charge on any atom is -0.444 e. The number of amides is 1. The van der Waals surface area contributed by atoms with Gasteiger partial charge in [-0.2, -0.15) is 0 Å². The van der Waals surface area contributed by atoms with Crippen molar-refractivity contribution in [3.05, 3.63) is 34.3 Å². The van der Waals surface area contributed by atoms with Crippen LogP contribution in [-0.4, -0.2) is 50.3 Å². The van der Waals surface area contributed by atoms with Crippen LogP contribution in [0.5, 0.6) is 0 Å². The van der Waals surface area contributed by atoms with Crippen LogP contribution < -0.4 is 5.32 Å². The molecule has 1 aliphatic rings. The van der Waals surface area contributed by atoms with E-state index in [4.69, 9.17) is 14.2 Å². The van der Waals surface area contributed by atoms with Crippen LogP contribution in [0.2, 0.25) is 0 Å². The Morgan fingerprint density at radius 3 is 2.41 bits per heavy atom. The van der Waals surface area contributed by atoms with Crippen LogP contribution in [0, 0.1) is 5.92 Å². The number of rotatable bonds is 5. The van der Waals surface area contributed by atoms with Crippen LogP contribution >= 0.6 is 15.9 Å². The van der Waals surface area contributed by atoms with Crippen molar-refractivity contribution in [2.24, 2.45) is 5.92 Å². The van der Waals surface area contributed by atoms with Crippen LogP contribution in [0.3, 0.4) is 0 Å². The van der Waals surface area contributed by atoms with E-state index in [1.807, 2.05) is 24.3 Å². The average Bonchev–Trinajstić information content (AvgIpc) is 2.50. The molecule has 2 rings (SSSR count). The molecule has 9 heteroatoms. The molecule has 0 saturated carbocycles. The summed E-state index contributed by atoms with van der Waals surface area (Å²) in [4.78, 5) is 25.0. The van der Waals surface area contributed by atoms with E-state index in [9.17, 15) is 14.7 Å². The Hall–Kier alpha value is -1.42. The number of hydrogen-bond acceptors (Lipinski definition) is 6. The number of cyclic esters (lactones) is 1. The number of nitrogens with one attached hydrogen (secondary N) is 1. The Morgan fingerprint density at radius 2 is 1.90 bits per heavy atom. The molecule has 2 unspecified atom stereocenters. The Bertz CT molecular complexity index is 748. The van der Waals surface area contributed by atoms with Gasteiger partial charge in [-0.05, 0) is 51.3 Å². The summed E-state index contributed by atoms with van der Waals surface area (Å²) in [6, 6.07) is 7.73. The third-order valence-electron chi connectivity index (χ3n) is 4.38. The summed E-state index contributed by atoms with van der Waals surface area (Å²) >= 11 is 3.41. The number of alkyl carbamates (subject to hydrolysis) is 1. The lowest BCUT2D eigenvalue weighted by Crippen LogP contribution is -2.57. The van der Waals surface area contributed by atoms with Gasteiger partial charge >= 0.3 is 12.1 Å². The normalized spacial score (nSPS) is 23.8. The number of hydrogen-bond donors (Lipinski definition) is 2. The predicted octanol–water partition coefficient (Wildman–Crippen LogP) is 2.21. The van der Waals surface area contributed by atoms with Gasteiger partial charge in [0.15, 0.2) is 6.29 Å². The molecule has 1 aromatic rings. The third-order valence-corrected chi connectivity index (χ3v) is 5.92. The summed E-state index contributed by atoms with van der Waals surface area (Å²) in [5.74, 6) is -2.65. The van der Waals surface area contributed by atoms with Crippen molar-refractivity contribution in [1.29, 1.82) is 0 Å². The molecule has 29 heavy (non-hydrogen) atoms. The molecule has 0 aromatic heterocycles. The van der Waals surface area contributed by atoms with Crippen LogP contribution in [0.1, 0.15) is 46.6 Å². The minimum atomic E-state index is -1.31. The maximum Gasteiger partial charge on any atom is 0.407 e. The van der Waals surface area contributed by atoms with Gasteiger partial charge in [-0.15, -0.1) is 0 Å². The summed E-state index contributed by atoms with van der Waals surface area (Å²) in [6.45, 7) is 8.49. The van der Waals surface area contributed by atoms with E-state index >= 15 is 0 Å². The van der Waals surface area contributed by atoms with E-state index in [-0.39, 0.29) is 6.42 Å². The standard InChI is InChI=1S/C20H30BrNO6Si/c1-18(2,3)28-17(25)22-20(29,10-12-6-8-13(21)9-7-12)11-14-15(23)26-19(4,5)27-16(14)24/h6-9,14-15,23H,10-11H2,1-5,29H3,(H,22,25)/t14?,15?,20-/m1/s1. The van der Waals surface area contributed by atoms with Crippen molar-refractivity contribution >= 4 is 38.2 Å². The topological polar surface area (TPSA) is 94.1 Å². The number of halogens is 1. The zero-order valence-corrected chi connectivity index (χ0v) is 21.3. The number of esters is 1.